The average molecular weight is 438 g/mol. The van der Waals surface area contributed by atoms with Crippen molar-refractivity contribution < 1.29 is 13.2 Å². The van der Waals surface area contributed by atoms with Crippen molar-refractivity contribution in [1.29, 1.82) is 0 Å². The Labute approximate surface area is 152 Å². The topological polar surface area (TPSA) is 80.5 Å². The van der Waals surface area contributed by atoms with E-state index in [1.54, 1.807) is 24.3 Å². The lowest BCUT2D eigenvalue weighted by Crippen LogP contribution is -2.38. The van der Waals surface area contributed by atoms with Crippen LogP contribution in [0.5, 0.6) is 0 Å². The van der Waals surface area contributed by atoms with Gasteiger partial charge >= 0.3 is 0 Å². The van der Waals surface area contributed by atoms with E-state index in [4.69, 9.17) is 28.9 Å². The van der Waals surface area contributed by atoms with E-state index in [1.165, 1.54) is 18.2 Å². The minimum Gasteiger partial charge on any atom is -0.368 e. The first-order valence-electron chi connectivity index (χ1n) is 6.23. The van der Waals surface area contributed by atoms with Crippen molar-refractivity contribution in [2.75, 3.05) is 10.8 Å². The van der Waals surface area contributed by atoms with Crippen LogP contribution in [0.1, 0.15) is 0 Å². The van der Waals surface area contributed by atoms with Crippen LogP contribution in [0.3, 0.4) is 0 Å². The second kappa shape index (κ2) is 7.09. The molecule has 0 radical (unpaired) electrons. The van der Waals surface area contributed by atoms with Gasteiger partial charge in [0.25, 0.3) is 10.0 Å². The molecule has 5 nitrogen and oxygen atoms in total. The summed E-state index contributed by atoms with van der Waals surface area (Å²) in [7, 11) is -4.04. The summed E-state index contributed by atoms with van der Waals surface area (Å²) in [6.07, 6.45) is 0. The number of anilines is 1. The molecule has 0 bridgehead atoms. The highest BCUT2D eigenvalue weighted by molar-refractivity contribution is 9.10. The van der Waals surface area contributed by atoms with E-state index in [1.807, 2.05) is 0 Å². The van der Waals surface area contributed by atoms with Crippen LogP contribution in [0.15, 0.2) is 51.8 Å². The van der Waals surface area contributed by atoms with Gasteiger partial charge < -0.3 is 5.73 Å². The molecule has 0 spiro atoms. The van der Waals surface area contributed by atoms with Gasteiger partial charge in [-0.2, -0.15) is 0 Å². The number of hydrogen-bond acceptors (Lipinski definition) is 3. The number of sulfonamides is 1. The molecule has 122 valence electrons. The minimum atomic E-state index is -4.04. The lowest BCUT2D eigenvalue weighted by Gasteiger charge is -2.23. The second-order valence-electron chi connectivity index (χ2n) is 4.53. The Bertz CT molecular complexity index is 859. The Morgan fingerprint density at radius 2 is 1.83 bits per heavy atom. The third-order valence-corrected chi connectivity index (χ3v) is 5.88. The molecule has 2 rings (SSSR count). The van der Waals surface area contributed by atoms with E-state index < -0.39 is 22.5 Å². The van der Waals surface area contributed by atoms with Gasteiger partial charge in [0.1, 0.15) is 6.54 Å². The fourth-order valence-corrected chi connectivity index (χ4v) is 4.05. The number of nitrogens with zero attached hydrogens (tertiary/aromatic N) is 1. The normalized spacial score (nSPS) is 11.3. The van der Waals surface area contributed by atoms with Crippen molar-refractivity contribution in [3.8, 4) is 0 Å². The number of benzene rings is 2. The zero-order chi connectivity index (χ0) is 17.2. The standard InChI is InChI=1S/C14H11BrCl2N2O3S/c15-9-2-1-3-10(6-9)19(8-14(18)20)23(21,22)11-4-5-12(16)13(17)7-11/h1-7H,8H2,(H2,18,20). The summed E-state index contributed by atoms with van der Waals surface area (Å²) >= 11 is 15.0. The molecule has 1 amide bonds. The van der Waals surface area contributed by atoms with Crippen molar-refractivity contribution in [3.05, 3.63) is 57.0 Å². The Kier molecular flexibility index (Phi) is 5.57. The quantitative estimate of drug-likeness (QED) is 0.777. The molecule has 2 N–H and O–H groups in total. The molecular weight excluding hydrogens is 427 g/mol. The van der Waals surface area contributed by atoms with Gasteiger partial charge in [-0.25, -0.2) is 8.42 Å². The summed E-state index contributed by atoms with van der Waals surface area (Å²) in [5.74, 6) is -0.784. The summed E-state index contributed by atoms with van der Waals surface area (Å²) in [4.78, 5) is 11.2. The number of hydrogen-bond donors (Lipinski definition) is 1. The number of nitrogens with two attached hydrogens (primary N) is 1. The first-order chi connectivity index (χ1) is 10.7. The summed E-state index contributed by atoms with van der Waals surface area (Å²) in [6.45, 7) is -0.501. The van der Waals surface area contributed by atoms with E-state index in [9.17, 15) is 13.2 Å². The van der Waals surface area contributed by atoms with Crippen LogP contribution in [0.2, 0.25) is 10.0 Å². The predicted molar refractivity (Wildman–Crippen MR) is 94.3 cm³/mol. The molecule has 0 aliphatic carbocycles. The summed E-state index contributed by atoms with van der Waals surface area (Å²) in [5.41, 5.74) is 5.49. The summed E-state index contributed by atoms with van der Waals surface area (Å²) in [5, 5.41) is 0.329. The fourth-order valence-electron chi connectivity index (χ4n) is 1.85. The number of rotatable bonds is 5. The van der Waals surface area contributed by atoms with Crippen LogP contribution in [0.25, 0.3) is 0 Å². The van der Waals surface area contributed by atoms with E-state index in [0.717, 1.165) is 4.31 Å². The first kappa shape index (κ1) is 18.1. The van der Waals surface area contributed by atoms with Crippen LogP contribution in [0, 0.1) is 0 Å². The maximum atomic E-state index is 12.8. The smallest absolute Gasteiger partial charge is 0.264 e. The molecular formula is C14H11BrCl2N2O3S. The summed E-state index contributed by atoms with van der Waals surface area (Å²) < 4.78 is 27.3. The molecule has 2 aromatic carbocycles. The van der Waals surface area contributed by atoms with Crippen molar-refractivity contribution in [2.45, 2.75) is 4.90 Å². The maximum absolute atomic E-state index is 12.8. The lowest BCUT2D eigenvalue weighted by molar-refractivity contribution is -0.116. The fraction of sp³-hybridized carbons (Fsp3) is 0.0714. The lowest BCUT2D eigenvalue weighted by atomic mass is 10.3. The molecule has 0 atom stereocenters. The van der Waals surface area contributed by atoms with Crippen molar-refractivity contribution >= 4 is 60.7 Å². The molecule has 0 unspecified atom stereocenters. The Hall–Kier alpha value is -1.28. The molecule has 0 heterocycles. The zero-order valence-corrected chi connectivity index (χ0v) is 15.5. The highest BCUT2D eigenvalue weighted by Crippen LogP contribution is 2.29. The van der Waals surface area contributed by atoms with Crippen molar-refractivity contribution in [3.63, 3.8) is 0 Å². The highest BCUT2D eigenvalue weighted by Gasteiger charge is 2.27. The highest BCUT2D eigenvalue weighted by atomic mass is 79.9. The van der Waals surface area contributed by atoms with Gasteiger partial charge in [-0.1, -0.05) is 45.2 Å². The number of primary amides is 1. The average Bonchev–Trinajstić information content (AvgIpc) is 2.47. The van der Waals surface area contributed by atoms with Crippen LogP contribution in [-0.4, -0.2) is 20.9 Å². The van der Waals surface area contributed by atoms with Crippen LogP contribution in [-0.2, 0) is 14.8 Å². The van der Waals surface area contributed by atoms with E-state index in [-0.39, 0.29) is 14.9 Å². The third kappa shape index (κ3) is 4.17. The Balaban J connectivity index is 2.57. The molecule has 0 aromatic heterocycles. The first-order valence-corrected chi connectivity index (χ1v) is 9.22. The third-order valence-electron chi connectivity index (χ3n) is 2.87. The van der Waals surface area contributed by atoms with Gasteiger partial charge in [-0.3, -0.25) is 9.10 Å². The van der Waals surface area contributed by atoms with Gasteiger partial charge in [0.15, 0.2) is 0 Å². The zero-order valence-electron chi connectivity index (χ0n) is 11.5. The van der Waals surface area contributed by atoms with Crippen LogP contribution < -0.4 is 10.0 Å². The van der Waals surface area contributed by atoms with Crippen LogP contribution in [0.4, 0.5) is 5.69 Å². The second-order valence-corrected chi connectivity index (χ2v) is 8.13. The monoisotopic (exact) mass is 436 g/mol. The SMILES string of the molecule is NC(=O)CN(c1cccc(Br)c1)S(=O)(=O)c1ccc(Cl)c(Cl)c1. The van der Waals surface area contributed by atoms with Gasteiger partial charge in [0.2, 0.25) is 5.91 Å². The molecule has 0 saturated heterocycles. The maximum Gasteiger partial charge on any atom is 0.264 e. The predicted octanol–water partition coefficient (Wildman–Crippen LogP) is 3.44. The number of halogens is 3. The largest absolute Gasteiger partial charge is 0.368 e. The minimum absolute atomic E-state index is 0.0897. The molecule has 0 saturated carbocycles. The van der Waals surface area contributed by atoms with Crippen molar-refractivity contribution in [2.24, 2.45) is 5.73 Å². The molecule has 23 heavy (non-hydrogen) atoms. The molecule has 0 aliphatic heterocycles. The van der Waals surface area contributed by atoms with Crippen LogP contribution >= 0.6 is 39.1 Å². The Morgan fingerprint density at radius 3 is 2.39 bits per heavy atom. The molecule has 0 fully saturated rings. The number of amides is 1. The van der Waals surface area contributed by atoms with Crippen molar-refractivity contribution in [1.82, 2.24) is 0 Å². The van der Waals surface area contributed by atoms with Gasteiger partial charge in [0.05, 0.1) is 20.6 Å². The molecule has 9 heteroatoms. The van der Waals surface area contributed by atoms with E-state index in [0.29, 0.717) is 10.2 Å². The van der Waals surface area contributed by atoms with E-state index >= 15 is 0 Å². The number of carbonyl (C=O) groups is 1. The number of carbonyl (C=O) groups excluding carboxylic acids is 1. The molecule has 0 aliphatic rings. The van der Waals surface area contributed by atoms with E-state index in [2.05, 4.69) is 15.9 Å². The summed E-state index contributed by atoms with van der Waals surface area (Å²) in [6, 6.07) is 10.4. The molecule has 2 aromatic rings. The Morgan fingerprint density at radius 1 is 1.13 bits per heavy atom. The van der Waals surface area contributed by atoms with Gasteiger partial charge in [0, 0.05) is 4.47 Å². The van der Waals surface area contributed by atoms with Gasteiger partial charge in [-0.15, -0.1) is 0 Å². The van der Waals surface area contributed by atoms with Gasteiger partial charge in [-0.05, 0) is 36.4 Å².